The zero-order chi connectivity index (χ0) is 15.1. The third kappa shape index (κ3) is 5.15. The lowest BCUT2D eigenvalue weighted by Gasteiger charge is -2.22. The lowest BCUT2D eigenvalue weighted by molar-refractivity contribution is -0.121. The van der Waals surface area contributed by atoms with Crippen molar-refractivity contribution in [2.24, 2.45) is 11.7 Å². The fraction of sp³-hybridized carbons (Fsp3) is 0.533. The maximum Gasteiger partial charge on any atom is 0.267 e. The molecule has 0 aliphatic carbocycles. The third-order valence-electron chi connectivity index (χ3n) is 3.81. The van der Waals surface area contributed by atoms with Gasteiger partial charge >= 0.3 is 0 Å². The smallest absolute Gasteiger partial charge is 0.267 e. The van der Waals surface area contributed by atoms with Crippen LogP contribution in [0.2, 0.25) is 0 Å². The summed E-state index contributed by atoms with van der Waals surface area (Å²) in [5.41, 5.74) is 6.21. The third-order valence-corrected chi connectivity index (χ3v) is 3.81. The summed E-state index contributed by atoms with van der Waals surface area (Å²) in [4.78, 5) is 26.7. The number of carbonyl (C=O) groups is 2. The molecule has 1 fully saturated rings. The average Bonchev–Trinajstić information content (AvgIpc) is 2.52. The number of hydrogen-bond donors (Lipinski definition) is 3. The van der Waals surface area contributed by atoms with Gasteiger partial charge in [0.25, 0.3) is 5.91 Å². The highest BCUT2D eigenvalue weighted by Crippen LogP contribution is 2.17. The maximum atomic E-state index is 11.8. The van der Waals surface area contributed by atoms with E-state index in [4.69, 9.17) is 5.73 Å². The van der Waals surface area contributed by atoms with Crippen LogP contribution in [0.25, 0.3) is 0 Å². The van der Waals surface area contributed by atoms with Gasteiger partial charge in [0.2, 0.25) is 5.91 Å². The van der Waals surface area contributed by atoms with Crippen molar-refractivity contribution in [3.05, 3.63) is 29.6 Å². The van der Waals surface area contributed by atoms with Gasteiger partial charge in [0.15, 0.2) is 0 Å². The fourth-order valence-electron chi connectivity index (χ4n) is 2.47. The number of carbonyl (C=O) groups excluding carboxylic acids is 2. The number of amides is 2. The van der Waals surface area contributed by atoms with E-state index in [9.17, 15) is 9.59 Å². The number of primary amides is 1. The Morgan fingerprint density at radius 1 is 1.33 bits per heavy atom. The van der Waals surface area contributed by atoms with Crippen LogP contribution in [0, 0.1) is 5.92 Å². The summed E-state index contributed by atoms with van der Waals surface area (Å²) in [5.74, 6) is 0.175. The van der Waals surface area contributed by atoms with Gasteiger partial charge in [-0.2, -0.15) is 0 Å². The number of nitrogens with one attached hydrogen (secondary N) is 2. The van der Waals surface area contributed by atoms with Crippen LogP contribution >= 0.6 is 0 Å². The van der Waals surface area contributed by atoms with E-state index in [1.54, 1.807) is 18.3 Å². The van der Waals surface area contributed by atoms with Crippen molar-refractivity contribution < 1.29 is 9.59 Å². The van der Waals surface area contributed by atoms with Gasteiger partial charge in [0.1, 0.15) is 5.69 Å². The largest absolute Gasteiger partial charge is 0.364 e. The Morgan fingerprint density at radius 2 is 2.10 bits per heavy atom. The Labute approximate surface area is 124 Å². The Kier molecular flexibility index (Phi) is 5.68. The van der Waals surface area contributed by atoms with Crippen molar-refractivity contribution in [2.45, 2.75) is 32.2 Å². The van der Waals surface area contributed by atoms with Gasteiger partial charge in [0, 0.05) is 19.2 Å². The quantitative estimate of drug-likeness (QED) is 0.713. The monoisotopic (exact) mass is 290 g/mol. The number of nitrogens with zero attached hydrogens (tertiary/aromatic N) is 1. The summed E-state index contributed by atoms with van der Waals surface area (Å²) in [7, 11) is 0. The lowest BCUT2D eigenvalue weighted by Crippen LogP contribution is -2.29. The minimum Gasteiger partial charge on any atom is -0.364 e. The molecule has 6 heteroatoms. The van der Waals surface area contributed by atoms with E-state index in [0.717, 1.165) is 37.9 Å². The molecular formula is C15H22N4O2. The van der Waals surface area contributed by atoms with E-state index in [1.807, 2.05) is 0 Å². The molecule has 1 aromatic heterocycles. The Hall–Kier alpha value is -1.95. The van der Waals surface area contributed by atoms with Crippen LogP contribution in [0.1, 0.15) is 41.7 Å². The molecule has 114 valence electrons. The maximum absolute atomic E-state index is 11.8. The summed E-state index contributed by atoms with van der Waals surface area (Å²) in [6, 6.07) is 3.32. The van der Waals surface area contributed by atoms with Gasteiger partial charge in [-0.15, -0.1) is 0 Å². The molecule has 21 heavy (non-hydrogen) atoms. The molecule has 4 N–H and O–H groups in total. The number of hydrogen-bond acceptors (Lipinski definition) is 4. The van der Waals surface area contributed by atoms with Crippen LogP contribution in [-0.2, 0) is 11.3 Å². The molecule has 1 saturated heterocycles. The normalized spacial score (nSPS) is 15.6. The van der Waals surface area contributed by atoms with Crippen molar-refractivity contribution in [1.82, 2.24) is 15.6 Å². The molecule has 0 aromatic carbocycles. The van der Waals surface area contributed by atoms with Gasteiger partial charge < -0.3 is 16.4 Å². The minimum atomic E-state index is -0.549. The molecule has 1 aromatic rings. The average molecular weight is 290 g/mol. The minimum absolute atomic E-state index is 0.0625. The summed E-state index contributed by atoms with van der Waals surface area (Å²) >= 11 is 0. The van der Waals surface area contributed by atoms with E-state index in [0.29, 0.717) is 18.9 Å². The summed E-state index contributed by atoms with van der Waals surface area (Å²) < 4.78 is 0. The van der Waals surface area contributed by atoms with Gasteiger partial charge in [-0.05, 0) is 49.9 Å². The number of rotatable bonds is 6. The molecule has 6 nitrogen and oxygen atoms in total. The number of nitrogens with two attached hydrogens (primary N) is 1. The predicted molar refractivity (Wildman–Crippen MR) is 79.4 cm³/mol. The second-order valence-electron chi connectivity index (χ2n) is 5.42. The summed E-state index contributed by atoms with van der Waals surface area (Å²) in [5, 5.41) is 6.20. The molecule has 0 spiro atoms. The molecule has 0 bridgehead atoms. The molecule has 0 saturated carbocycles. The van der Waals surface area contributed by atoms with Crippen LogP contribution in [-0.4, -0.2) is 29.9 Å². The zero-order valence-electron chi connectivity index (χ0n) is 12.1. The molecule has 1 aliphatic heterocycles. The van der Waals surface area contributed by atoms with Gasteiger partial charge in [-0.3, -0.25) is 14.6 Å². The van der Waals surface area contributed by atoms with Crippen molar-refractivity contribution >= 4 is 11.8 Å². The lowest BCUT2D eigenvalue weighted by atomic mass is 9.93. The summed E-state index contributed by atoms with van der Waals surface area (Å²) in [6.07, 6.45) is 5.40. The molecular weight excluding hydrogens is 268 g/mol. The SMILES string of the molecule is NC(=O)c1ccc(CNC(=O)CCC2CCNCC2)cn1. The van der Waals surface area contributed by atoms with Crippen molar-refractivity contribution in [3.8, 4) is 0 Å². The van der Waals surface area contributed by atoms with Crippen LogP contribution in [0.5, 0.6) is 0 Å². The Balaban J connectivity index is 1.69. The second kappa shape index (κ2) is 7.73. The molecule has 2 amide bonds. The molecule has 0 atom stereocenters. The van der Waals surface area contributed by atoms with E-state index < -0.39 is 5.91 Å². The highest BCUT2D eigenvalue weighted by Gasteiger charge is 2.14. The second-order valence-corrected chi connectivity index (χ2v) is 5.42. The number of pyridine rings is 1. The Morgan fingerprint density at radius 3 is 2.71 bits per heavy atom. The van der Waals surface area contributed by atoms with Crippen LogP contribution < -0.4 is 16.4 Å². The van der Waals surface area contributed by atoms with Crippen LogP contribution in [0.3, 0.4) is 0 Å². The van der Waals surface area contributed by atoms with Gasteiger partial charge in [0.05, 0.1) is 0 Å². The highest BCUT2D eigenvalue weighted by molar-refractivity contribution is 5.90. The molecule has 2 heterocycles. The standard InChI is InChI=1S/C15H22N4O2/c16-15(21)13-3-1-12(9-18-13)10-19-14(20)4-2-11-5-7-17-8-6-11/h1,3,9,11,17H,2,4-8,10H2,(H2,16,21)(H,19,20). The zero-order valence-corrected chi connectivity index (χ0v) is 12.1. The molecule has 1 aliphatic rings. The van der Waals surface area contributed by atoms with Gasteiger partial charge in [-0.1, -0.05) is 6.07 Å². The van der Waals surface area contributed by atoms with E-state index in [2.05, 4.69) is 15.6 Å². The highest BCUT2D eigenvalue weighted by atomic mass is 16.2. The molecule has 0 unspecified atom stereocenters. The first-order chi connectivity index (χ1) is 10.1. The van der Waals surface area contributed by atoms with Crippen molar-refractivity contribution in [3.63, 3.8) is 0 Å². The van der Waals surface area contributed by atoms with Gasteiger partial charge in [-0.25, -0.2) is 0 Å². The number of piperidine rings is 1. The molecule has 2 rings (SSSR count). The topological polar surface area (TPSA) is 97.1 Å². The summed E-state index contributed by atoms with van der Waals surface area (Å²) in [6.45, 7) is 2.55. The van der Waals surface area contributed by atoms with E-state index in [1.165, 1.54) is 0 Å². The fourth-order valence-corrected chi connectivity index (χ4v) is 2.47. The number of aromatic nitrogens is 1. The first kappa shape index (κ1) is 15.4. The van der Waals surface area contributed by atoms with Crippen LogP contribution in [0.15, 0.2) is 18.3 Å². The van der Waals surface area contributed by atoms with Crippen LogP contribution in [0.4, 0.5) is 0 Å². The molecule has 0 radical (unpaired) electrons. The van der Waals surface area contributed by atoms with E-state index in [-0.39, 0.29) is 11.6 Å². The van der Waals surface area contributed by atoms with Crippen molar-refractivity contribution in [1.29, 1.82) is 0 Å². The van der Waals surface area contributed by atoms with Crippen molar-refractivity contribution in [2.75, 3.05) is 13.1 Å². The Bertz CT molecular complexity index is 481. The predicted octanol–water partition coefficient (Wildman–Crippen LogP) is 0.576. The van der Waals surface area contributed by atoms with E-state index >= 15 is 0 Å². The first-order valence-electron chi connectivity index (χ1n) is 7.37. The first-order valence-corrected chi connectivity index (χ1v) is 7.37.